The number of hydrogen-bond donors (Lipinski definition) is 0. The van der Waals surface area contributed by atoms with Crippen LogP contribution in [0.3, 0.4) is 0 Å². The van der Waals surface area contributed by atoms with Crippen LogP contribution in [0.4, 0.5) is 19.1 Å². The number of nitrogens with zero attached hydrogens (tertiary/aromatic N) is 5. The lowest BCUT2D eigenvalue weighted by molar-refractivity contribution is -0.141. The average molecular weight is 395 g/mol. The molecule has 2 aromatic heterocycles. The zero-order valence-corrected chi connectivity index (χ0v) is 16.2. The highest BCUT2D eigenvalue weighted by Crippen LogP contribution is 2.29. The summed E-state index contributed by atoms with van der Waals surface area (Å²) >= 11 is 0. The van der Waals surface area contributed by atoms with E-state index in [4.69, 9.17) is 0 Å². The van der Waals surface area contributed by atoms with Gasteiger partial charge in [-0.1, -0.05) is 20.8 Å². The molecule has 0 atom stereocenters. The summed E-state index contributed by atoms with van der Waals surface area (Å²) in [5.74, 6) is 0.320. The maximum Gasteiger partial charge on any atom is 0.433 e. The summed E-state index contributed by atoms with van der Waals surface area (Å²) in [4.78, 5) is 21.5. The first-order valence-electron chi connectivity index (χ1n) is 9.28. The second-order valence-corrected chi connectivity index (χ2v) is 8.16. The molecule has 3 rings (SSSR count). The summed E-state index contributed by atoms with van der Waals surface area (Å²) in [6.45, 7) is 7.70. The van der Waals surface area contributed by atoms with Gasteiger partial charge in [0.2, 0.25) is 5.95 Å². The van der Waals surface area contributed by atoms with Gasteiger partial charge in [-0.2, -0.15) is 18.3 Å². The lowest BCUT2D eigenvalue weighted by Crippen LogP contribution is -2.38. The molecule has 0 amide bonds. The molecule has 28 heavy (non-hydrogen) atoms. The van der Waals surface area contributed by atoms with Crippen LogP contribution in [0.15, 0.2) is 29.2 Å². The summed E-state index contributed by atoms with van der Waals surface area (Å²) < 4.78 is 40.0. The highest BCUT2D eigenvalue weighted by atomic mass is 19.4. The van der Waals surface area contributed by atoms with E-state index < -0.39 is 11.9 Å². The van der Waals surface area contributed by atoms with Crippen molar-refractivity contribution in [1.82, 2.24) is 19.7 Å². The molecule has 1 saturated heterocycles. The van der Waals surface area contributed by atoms with Crippen molar-refractivity contribution in [2.75, 3.05) is 18.0 Å². The highest BCUT2D eigenvalue weighted by Gasteiger charge is 2.33. The van der Waals surface area contributed by atoms with E-state index >= 15 is 0 Å². The van der Waals surface area contributed by atoms with Crippen LogP contribution in [0, 0.1) is 5.92 Å². The molecule has 0 spiro atoms. The minimum absolute atomic E-state index is 0.0956. The molecule has 1 aliphatic rings. The third kappa shape index (κ3) is 4.69. The molecule has 0 bridgehead atoms. The fraction of sp³-hybridized carbons (Fsp3) is 0.579. The van der Waals surface area contributed by atoms with Gasteiger partial charge in [-0.05, 0) is 30.9 Å². The van der Waals surface area contributed by atoms with Crippen molar-refractivity contribution in [1.29, 1.82) is 0 Å². The smallest absolute Gasteiger partial charge is 0.341 e. The largest absolute Gasteiger partial charge is 0.433 e. The molecule has 2 aromatic rings. The summed E-state index contributed by atoms with van der Waals surface area (Å²) in [6, 6.07) is 4.17. The number of piperidine rings is 1. The molecule has 0 N–H and O–H groups in total. The first-order chi connectivity index (χ1) is 13.0. The second kappa shape index (κ2) is 7.52. The number of halogens is 3. The minimum atomic E-state index is -4.49. The van der Waals surface area contributed by atoms with Crippen molar-refractivity contribution in [3.63, 3.8) is 0 Å². The third-order valence-electron chi connectivity index (χ3n) is 4.90. The predicted octanol–water partition coefficient (Wildman–Crippen LogP) is 3.27. The molecule has 0 aromatic carbocycles. The molecule has 6 nitrogen and oxygen atoms in total. The summed E-state index contributed by atoms with van der Waals surface area (Å²) in [5, 5.41) is 4.49. The molecule has 0 unspecified atom stereocenters. The van der Waals surface area contributed by atoms with Gasteiger partial charge in [-0.15, -0.1) is 0 Å². The summed E-state index contributed by atoms with van der Waals surface area (Å²) in [6.07, 6.45) is -1.89. The Kier molecular flexibility index (Phi) is 5.45. The van der Waals surface area contributed by atoms with Crippen LogP contribution in [-0.2, 0) is 18.1 Å². The van der Waals surface area contributed by atoms with E-state index in [2.05, 4.69) is 15.1 Å². The van der Waals surface area contributed by atoms with E-state index in [0.717, 1.165) is 30.8 Å². The lowest BCUT2D eigenvalue weighted by atomic mass is 9.92. The van der Waals surface area contributed by atoms with Gasteiger partial charge in [0.25, 0.3) is 5.56 Å². The monoisotopic (exact) mass is 395 g/mol. The number of hydrogen-bond acceptors (Lipinski definition) is 5. The molecule has 3 heterocycles. The maximum absolute atomic E-state index is 12.8. The van der Waals surface area contributed by atoms with Crippen molar-refractivity contribution in [3.05, 3.63) is 46.1 Å². The van der Waals surface area contributed by atoms with Gasteiger partial charge in [0.1, 0.15) is 5.69 Å². The average Bonchev–Trinajstić information content (AvgIpc) is 2.63. The Bertz CT molecular complexity index is 880. The van der Waals surface area contributed by atoms with Crippen molar-refractivity contribution >= 4 is 5.95 Å². The Morgan fingerprint density at radius 1 is 1.07 bits per heavy atom. The Labute approximate surface area is 161 Å². The van der Waals surface area contributed by atoms with E-state index in [1.54, 1.807) is 17.0 Å². The number of aromatic nitrogens is 4. The van der Waals surface area contributed by atoms with Gasteiger partial charge < -0.3 is 4.90 Å². The first-order valence-corrected chi connectivity index (χ1v) is 9.28. The Balaban J connectivity index is 1.66. The van der Waals surface area contributed by atoms with E-state index in [9.17, 15) is 18.0 Å². The Morgan fingerprint density at radius 3 is 2.36 bits per heavy atom. The molecule has 0 radical (unpaired) electrons. The highest BCUT2D eigenvalue weighted by molar-refractivity contribution is 5.31. The number of alkyl halides is 3. The van der Waals surface area contributed by atoms with Gasteiger partial charge in [-0.25, -0.2) is 14.6 Å². The standard InChI is InChI=1S/C19H24F3N5O/c1-18(2,3)14-4-5-16(28)27(25-14)12-13-7-10-26(11-8-13)17-23-9-6-15(24-17)19(20,21)22/h4-6,9,13H,7-8,10-12H2,1-3H3. The molecule has 1 fully saturated rings. The van der Waals surface area contributed by atoms with Gasteiger partial charge in [0.05, 0.1) is 5.69 Å². The minimum Gasteiger partial charge on any atom is -0.341 e. The topological polar surface area (TPSA) is 63.9 Å². The molecule has 1 aliphatic heterocycles. The number of anilines is 1. The predicted molar refractivity (Wildman–Crippen MR) is 99.2 cm³/mol. The molecular weight excluding hydrogens is 371 g/mol. The van der Waals surface area contributed by atoms with Crippen LogP contribution in [0.1, 0.15) is 45.0 Å². The van der Waals surface area contributed by atoms with Crippen molar-refractivity contribution in [2.24, 2.45) is 5.92 Å². The lowest BCUT2D eigenvalue weighted by Gasteiger charge is -2.32. The van der Waals surface area contributed by atoms with Crippen LogP contribution >= 0.6 is 0 Å². The molecular formula is C19H24F3N5O. The SMILES string of the molecule is CC(C)(C)c1ccc(=O)n(CC2CCN(c3nccc(C(F)(F)F)n3)CC2)n1. The van der Waals surface area contributed by atoms with E-state index in [-0.39, 0.29) is 22.8 Å². The van der Waals surface area contributed by atoms with E-state index in [1.165, 1.54) is 4.68 Å². The van der Waals surface area contributed by atoms with E-state index in [0.29, 0.717) is 19.6 Å². The van der Waals surface area contributed by atoms with Crippen LogP contribution < -0.4 is 10.5 Å². The quantitative estimate of drug-likeness (QED) is 0.798. The van der Waals surface area contributed by atoms with Gasteiger partial charge in [-0.3, -0.25) is 4.79 Å². The van der Waals surface area contributed by atoms with Crippen molar-refractivity contribution in [3.8, 4) is 0 Å². The van der Waals surface area contributed by atoms with E-state index in [1.807, 2.05) is 20.8 Å². The zero-order valence-electron chi connectivity index (χ0n) is 16.2. The molecule has 152 valence electrons. The van der Waals surface area contributed by atoms with Crippen LogP contribution in [0.2, 0.25) is 0 Å². The Morgan fingerprint density at radius 2 is 1.75 bits per heavy atom. The van der Waals surface area contributed by atoms with Crippen LogP contribution in [0.5, 0.6) is 0 Å². The van der Waals surface area contributed by atoms with Gasteiger partial charge in [0, 0.05) is 37.3 Å². The molecule has 9 heteroatoms. The third-order valence-corrected chi connectivity index (χ3v) is 4.90. The summed E-state index contributed by atoms with van der Waals surface area (Å²) in [5.41, 5.74) is -0.382. The van der Waals surface area contributed by atoms with Gasteiger partial charge in [0.15, 0.2) is 0 Å². The summed E-state index contributed by atoms with van der Waals surface area (Å²) in [7, 11) is 0. The fourth-order valence-electron chi connectivity index (χ4n) is 3.20. The first kappa shape index (κ1) is 20.3. The van der Waals surface area contributed by atoms with Crippen LogP contribution in [-0.4, -0.2) is 32.8 Å². The maximum atomic E-state index is 12.8. The fourth-order valence-corrected chi connectivity index (χ4v) is 3.20. The van der Waals surface area contributed by atoms with Crippen molar-refractivity contribution in [2.45, 2.75) is 51.7 Å². The van der Waals surface area contributed by atoms with Crippen molar-refractivity contribution < 1.29 is 13.2 Å². The number of rotatable bonds is 3. The van der Waals surface area contributed by atoms with Gasteiger partial charge >= 0.3 is 6.18 Å². The zero-order chi connectivity index (χ0) is 20.5. The molecule has 0 aliphatic carbocycles. The molecule has 0 saturated carbocycles. The normalized spacial score (nSPS) is 16.4. The second-order valence-electron chi connectivity index (χ2n) is 8.16. The van der Waals surface area contributed by atoms with Crippen LogP contribution in [0.25, 0.3) is 0 Å². The Hall–Kier alpha value is -2.45.